The van der Waals surface area contributed by atoms with Gasteiger partial charge in [-0.25, -0.2) is 9.97 Å². The summed E-state index contributed by atoms with van der Waals surface area (Å²) in [5, 5.41) is 0. The summed E-state index contributed by atoms with van der Waals surface area (Å²) < 4.78 is 6.06. The molecule has 0 radical (unpaired) electrons. The van der Waals surface area contributed by atoms with E-state index in [1.54, 1.807) is 0 Å². The number of ether oxygens (including phenoxy) is 1. The maximum absolute atomic E-state index is 6.06. The third kappa shape index (κ3) is 5.65. The molecule has 3 heteroatoms. The van der Waals surface area contributed by atoms with Gasteiger partial charge in [-0.05, 0) is 68.8 Å². The molecule has 0 saturated heterocycles. The minimum Gasteiger partial charge on any atom is -0.488 e. The SMILES string of the molecule is c1ccc(-c2cccc(-c3cc(-c4cccc(-c5ccccc5)c4)nc(-c4ccc(-c5cccc6c5-c5ccccc5OC6)cc4)n3)c2)cc1. The fourth-order valence-corrected chi connectivity index (χ4v) is 6.88. The van der Waals surface area contributed by atoms with Crippen LogP contribution in [0.3, 0.4) is 0 Å². The molecule has 0 bridgehead atoms. The molecule has 0 spiro atoms. The highest BCUT2D eigenvalue weighted by Crippen LogP contribution is 2.43. The van der Waals surface area contributed by atoms with Gasteiger partial charge < -0.3 is 4.74 Å². The number of fused-ring (bicyclic) bond motifs is 3. The second kappa shape index (κ2) is 12.8. The van der Waals surface area contributed by atoms with Crippen molar-refractivity contribution in [2.24, 2.45) is 0 Å². The Morgan fingerprint density at radius 1 is 0.360 bits per heavy atom. The van der Waals surface area contributed by atoms with Gasteiger partial charge in [-0.2, -0.15) is 0 Å². The molecule has 0 amide bonds. The summed E-state index contributed by atoms with van der Waals surface area (Å²) in [6, 6.07) is 63.7. The molecule has 0 aliphatic carbocycles. The summed E-state index contributed by atoms with van der Waals surface area (Å²) in [6.45, 7) is 0.568. The van der Waals surface area contributed by atoms with E-state index < -0.39 is 0 Å². The molecule has 1 aromatic heterocycles. The van der Waals surface area contributed by atoms with Crippen LogP contribution in [0.15, 0.2) is 182 Å². The van der Waals surface area contributed by atoms with Gasteiger partial charge in [0.15, 0.2) is 5.82 Å². The standard InChI is InChI=1S/C47H32N2O/c1-3-12-32(13-4-1)36-16-9-18-38(28-36)43-30-44(39-19-10-17-37(29-39)33-14-5-2-6-15-33)49-47(48-43)35-26-24-34(25-27-35)41-22-11-20-40-31-50-45-23-8-7-21-42(45)46(40)41/h1-30H,31H2. The van der Waals surface area contributed by atoms with Crippen LogP contribution in [-0.4, -0.2) is 9.97 Å². The molecule has 0 atom stereocenters. The van der Waals surface area contributed by atoms with E-state index >= 15 is 0 Å². The van der Waals surface area contributed by atoms with Gasteiger partial charge in [0.05, 0.1) is 11.4 Å². The van der Waals surface area contributed by atoms with Gasteiger partial charge in [0, 0.05) is 22.3 Å². The Bertz CT molecular complexity index is 2370. The lowest BCUT2D eigenvalue weighted by Crippen LogP contribution is -2.06. The summed E-state index contributed by atoms with van der Waals surface area (Å²) in [5.41, 5.74) is 15.4. The summed E-state index contributed by atoms with van der Waals surface area (Å²) in [5.74, 6) is 1.61. The fraction of sp³-hybridized carbons (Fsp3) is 0.0213. The van der Waals surface area contributed by atoms with Gasteiger partial charge in [-0.3, -0.25) is 0 Å². The molecule has 2 heterocycles. The predicted octanol–water partition coefficient (Wildman–Crippen LogP) is 12.0. The van der Waals surface area contributed by atoms with E-state index in [0.717, 1.165) is 56.1 Å². The first-order chi connectivity index (χ1) is 24.8. The van der Waals surface area contributed by atoms with E-state index in [1.165, 1.54) is 27.8 Å². The van der Waals surface area contributed by atoms with Crippen molar-refractivity contribution in [2.75, 3.05) is 0 Å². The predicted molar refractivity (Wildman–Crippen MR) is 204 cm³/mol. The van der Waals surface area contributed by atoms with Gasteiger partial charge in [-0.1, -0.05) is 158 Å². The van der Waals surface area contributed by atoms with Crippen molar-refractivity contribution < 1.29 is 4.74 Å². The lowest BCUT2D eigenvalue weighted by molar-refractivity contribution is 0.302. The van der Waals surface area contributed by atoms with Crippen LogP contribution in [0.5, 0.6) is 5.75 Å². The number of para-hydroxylation sites is 1. The van der Waals surface area contributed by atoms with E-state index in [2.05, 4.69) is 158 Å². The molecule has 236 valence electrons. The summed E-state index contributed by atoms with van der Waals surface area (Å²) in [7, 11) is 0. The molecule has 0 fully saturated rings. The number of rotatable bonds is 6. The monoisotopic (exact) mass is 640 g/mol. The van der Waals surface area contributed by atoms with Crippen LogP contribution >= 0.6 is 0 Å². The van der Waals surface area contributed by atoms with Crippen molar-refractivity contribution in [1.29, 1.82) is 0 Å². The van der Waals surface area contributed by atoms with Crippen molar-refractivity contribution in [3.63, 3.8) is 0 Å². The number of nitrogens with zero attached hydrogens (tertiary/aromatic N) is 2. The van der Waals surface area contributed by atoms with Crippen molar-refractivity contribution in [3.8, 4) is 84.2 Å². The minimum absolute atomic E-state index is 0.568. The third-order valence-corrected chi connectivity index (χ3v) is 9.40. The second-order valence-corrected chi connectivity index (χ2v) is 12.6. The molecule has 1 aliphatic heterocycles. The van der Waals surface area contributed by atoms with E-state index in [0.29, 0.717) is 12.4 Å². The van der Waals surface area contributed by atoms with Crippen molar-refractivity contribution >= 4 is 0 Å². The zero-order valence-electron chi connectivity index (χ0n) is 27.3. The molecule has 0 N–H and O–H groups in total. The Kier molecular flexibility index (Phi) is 7.56. The van der Waals surface area contributed by atoms with Crippen LogP contribution in [-0.2, 0) is 6.61 Å². The molecule has 1 aliphatic rings. The Hall–Kier alpha value is -6.58. The fourth-order valence-electron chi connectivity index (χ4n) is 6.88. The summed E-state index contributed by atoms with van der Waals surface area (Å²) >= 11 is 0. The van der Waals surface area contributed by atoms with Crippen molar-refractivity contribution in [3.05, 3.63) is 188 Å². The summed E-state index contributed by atoms with van der Waals surface area (Å²) in [6.07, 6.45) is 0. The molecular formula is C47H32N2O. The first-order valence-corrected chi connectivity index (χ1v) is 16.9. The molecule has 0 saturated carbocycles. The zero-order chi connectivity index (χ0) is 33.3. The smallest absolute Gasteiger partial charge is 0.160 e. The Labute approximate surface area is 292 Å². The Morgan fingerprint density at radius 3 is 1.50 bits per heavy atom. The van der Waals surface area contributed by atoms with Crippen LogP contribution in [0.1, 0.15) is 5.56 Å². The number of benzene rings is 7. The maximum Gasteiger partial charge on any atom is 0.160 e. The van der Waals surface area contributed by atoms with Gasteiger partial charge >= 0.3 is 0 Å². The highest BCUT2D eigenvalue weighted by atomic mass is 16.5. The molecule has 8 aromatic rings. The van der Waals surface area contributed by atoms with Crippen LogP contribution in [0.2, 0.25) is 0 Å². The highest BCUT2D eigenvalue weighted by Gasteiger charge is 2.21. The van der Waals surface area contributed by atoms with Gasteiger partial charge in [0.2, 0.25) is 0 Å². The lowest BCUT2D eigenvalue weighted by atomic mass is 9.89. The van der Waals surface area contributed by atoms with Crippen LogP contribution in [0, 0.1) is 0 Å². The zero-order valence-corrected chi connectivity index (χ0v) is 27.3. The largest absolute Gasteiger partial charge is 0.488 e. The second-order valence-electron chi connectivity index (χ2n) is 12.6. The molecule has 0 unspecified atom stereocenters. The molecule has 7 aromatic carbocycles. The topological polar surface area (TPSA) is 35.0 Å². The number of hydrogen-bond acceptors (Lipinski definition) is 3. The Balaban J connectivity index is 1.15. The number of aromatic nitrogens is 2. The normalized spacial score (nSPS) is 11.7. The number of hydrogen-bond donors (Lipinski definition) is 0. The van der Waals surface area contributed by atoms with E-state index in [-0.39, 0.29) is 0 Å². The third-order valence-electron chi connectivity index (χ3n) is 9.40. The molecule has 9 rings (SSSR count). The van der Waals surface area contributed by atoms with Gasteiger partial charge in [0.1, 0.15) is 12.4 Å². The Morgan fingerprint density at radius 2 is 0.860 bits per heavy atom. The van der Waals surface area contributed by atoms with Crippen LogP contribution < -0.4 is 4.74 Å². The van der Waals surface area contributed by atoms with E-state index in [9.17, 15) is 0 Å². The quantitative estimate of drug-likeness (QED) is 0.181. The highest BCUT2D eigenvalue weighted by molar-refractivity contribution is 5.89. The minimum atomic E-state index is 0.568. The lowest BCUT2D eigenvalue weighted by Gasteiger charge is -2.23. The van der Waals surface area contributed by atoms with Crippen LogP contribution in [0.25, 0.3) is 78.4 Å². The van der Waals surface area contributed by atoms with E-state index in [1.807, 2.05) is 24.3 Å². The van der Waals surface area contributed by atoms with Gasteiger partial charge in [0.25, 0.3) is 0 Å². The molecule has 3 nitrogen and oxygen atoms in total. The average molecular weight is 641 g/mol. The first kappa shape index (κ1) is 29.6. The van der Waals surface area contributed by atoms with Crippen molar-refractivity contribution in [1.82, 2.24) is 9.97 Å². The molecule has 50 heavy (non-hydrogen) atoms. The van der Waals surface area contributed by atoms with Crippen LogP contribution in [0.4, 0.5) is 0 Å². The van der Waals surface area contributed by atoms with Gasteiger partial charge in [-0.15, -0.1) is 0 Å². The summed E-state index contributed by atoms with van der Waals surface area (Å²) in [4.78, 5) is 10.4. The first-order valence-electron chi connectivity index (χ1n) is 16.9. The average Bonchev–Trinajstić information content (AvgIpc) is 3.21. The molecular weight excluding hydrogens is 609 g/mol. The maximum atomic E-state index is 6.06. The van der Waals surface area contributed by atoms with Crippen molar-refractivity contribution in [2.45, 2.75) is 6.61 Å². The van der Waals surface area contributed by atoms with E-state index in [4.69, 9.17) is 14.7 Å².